The standard InChI is InChI=1S/C18H23N5O2/c1-14(24)15-2-4-16(5-3-15)22-18-12-17(20-13-21-18)19-6-7-23-8-10-25-11-9-23/h2-5,12-13H,6-11H2,1H3,(H2,19,20,21,22). The minimum absolute atomic E-state index is 0.0559. The molecule has 25 heavy (non-hydrogen) atoms. The first-order valence-electron chi connectivity index (χ1n) is 8.45. The van der Waals surface area contributed by atoms with Crippen molar-refractivity contribution in [2.75, 3.05) is 50.0 Å². The van der Waals surface area contributed by atoms with Gasteiger partial charge in [0.2, 0.25) is 0 Å². The van der Waals surface area contributed by atoms with Crippen molar-refractivity contribution in [2.45, 2.75) is 6.92 Å². The van der Waals surface area contributed by atoms with E-state index in [9.17, 15) is 4.79 Å². The minimum atomic E-state index is 0.0559. The van der Waals surface area contributed by atoms with Gasteiger partial charge >= 0.3 is 0 Å². The average Bonchev–Trinajstić information content (AvgIpc) is 2.63. The Morgan fingerprint density at radius 2 is 1.88 bits per heavy atom. The lowest BCUT2D eigenvalue weighted by molar-refractivity contribution is 0.0398. The van der Waals surface area contributed by atoms with Crippen LogP contribution in [0.2, 0.25) is 0 Å². The molecular formula is C18H23N5O2. The van der Waals surface area contributed by atoms with E-state index in [0.717, 1.165) is 50.9 Å². The molecular weight excluding hydrogens is 318 g/mol. The molecule has 2 heterocycles. The van der Waals surface area contributed by atoms with Gasteiger partial charge in [-0.15, -0.1) is 0 Å². The van der Waals surface area contributed by atoms with Crippen molar-refractivity contribution in [3.8, 4) is 0 Å². The SMILES string of the molecule is CC(=O)c1ccc(Nc2cc(NCCN3CCOCC3)ncn2)cc1. The molecule has 0 bridgehead atoms. The first-order chi connectivity index (χ1) is 12.2. The first kappa shape index (κ1) is 17.3. The fraction of sp³-hybridized carbons (Fsp3) is 0.389. The van der Waals surface area contributed by atoms with Crippen molar-refractivity contribution in [1.29, 1.82) is 0 Å². The maximum atomic E-state index is 11.3. The van der Waals surface area contributed by atoms with Crippen LogP contribution in [0, 0.1) is 0 Å². The van der Waals surface area contributed by atoms with Crippen LogP contribution in [0.5, 0.6) is 0 Å². The van der Waals surface area contributed by atoms with Gasteiger partial charge in [0.05, 0.1) is 13.2 Å². The summed E-state index contributed by atoms with van der Waals surface area (Å²) in [5.41, 5.74) is 1.57. The van der Waals surface area contributed by atoms with Gasteiger partial charge in [-0.2, -0.15) is 0 Å². The third-order valence-corrected chi connectivity index (χ3v) is 4.07. The molecule has 0 spiro atoms. The molecule has 2 aromatic rings. The Labute approximate surface area is 147 Å². The second-order valence-corrected chi connectivity index (χ2v) is 5.93. The minimum Gasteiger partial charge on any atom is -0.379 e. The molecule has 3 rings (SSSR count). The quantitative estimate of drug-likeness (QED) is 0.747. The second kappa shape index (κ2) is 8.55. The van der Waals surface area contributed by atoms with E-state index >= 15 is 0 Å². The molecule has 1 fully saturated rings. The van der Waals surface area contributed by atoms with E-state index in [-0.39, 0.29) is 5.78 Å². The highest BCUT2D eigenvalue weighted by Crippen LogP contribution is 2.17. The van der Waals surface area contributed by atoms with E-state index in [1.165, 1.54) is 6.33 Å². The van der Waals surface area contributed by atoms with E-state index in [1.54, 1.807) is 19.1 Å². The molecule has 0 aliphatic carbocycles. The highest BCUT2D eigenvalue weighted by molar-refractivity contribution is 5.94. The fourth-order valence-corrected chi connectivity index (χ4v) is 2.63. The normalized spacial score (nSPS) is 14.9. The Hall–Kier alpha value is -2.51. The van der Waals surface area contributed by atoms with E-state index in [0.29, 0.717) is 11.4 Å². The predicted octanol–water partition coefficient (Wildman–Crippen LogP) is 2.17. The summed E-state index contributed by atoms with van der Waals surface area (Å²) >= 11 is 0. The number of nitrogens with one attached hydrogen (secondary N) is 2. The number of hydrogen-bond donors (Lipinski definition) is 2. The van der Waals surface area contributed by atoms with Gasteiger partial charge < -0.3 is 15.4 Å². The number of morpholine rings is 1. The number of Topliss-reactive ketones (excluding diaryl/α,β-unsaturated/α-hetero) is 1. The fourth-order valence-electron chi connectivity index (χ4n) is 2.63. The van der Waals surface area contributed by atoms with Crippen LogP contribution in [0.3, 0.4) is 0 Å². The summed E-state index contributed by atoms with van der Waals surface area (Å²) in [6, 6.07) is 9.20. The van der Waals surface area contributed by atoms with E-state index in [1.807, 2.05) is 18.2 Å². The number of benzene rings is 1. The molecule has 1 aliphatic heterocycles. The van der Waals surface area contributed by atoms with Crippen LogP contribution in [-0.2, 0) is 4.74 Å². The van der Waals surface area contributed by atoms with Gasteiger partial charge in [0.25, 0.3) is 0 Å². The van der Waals surface area contributed by atoms with Crippen LogP contribution in [-0.4, -0.2) is 60.0 Å². The topological polar surface area (TPSA) is 79.4 Å². The van der Waals surface area contributed by atoms with Crippen molar-refractivity contribution in [1.82, 2.24) is 14.9 Å². The molecule has 0 unspecified atom stereocenters. The zero-order valence-electron chi connectivity index (χ0n) is 14.4. The highest BCUT2D eigenvalue weighted by atomic mass is 16.5. The number of hydrogen-bond acceptors (Lipinski definition) is 7. The molecule has 0 radical (unpaired) electrons. The summed E-state index contributed by atoms with van der Waals surface area (Å²) in [6.07, 6.45) is 1.53. The summed E-state index contributed by atoms with van der Waals surface area (Å²) in [4.78, 5) is 22.2. The van der Waals surface area contributed by atoms with Crippen LogP contribution in [0.1, 0.15) is 17.3 Å². The van der Waals surface area contributed by atoms with Crippen molar-refractivity contribution >= 4 is 23.1 Å². The van der Waals surface area contributed by atoms with Gasteiger partial charge in [0, 0.05) is 43.5 Å². The first-order valence-corrected chi connectivity index (χ1v) is 8.45. The molecule has 1 aliphatic rings. The second-order valence-electron chi connectivity index (χ2n) is 5.93. The van der Waals surface area contributed by atoms with E-state index < -0.39 is 0 Å². The number of carbonyl (C=O) groups is 1. The average molecular weight is 341 g/mol. The Bertz CT molecular complexity index is 699. The summed E-state index contributed by atoms with van der Waals surface area (Å²) < 4.78 is 5.35. The molecule has 132 valence electrons. The number of nitrogens with zero attached hydrogens (tertiary/aromatic N) is 3. The molecule has 2 N–H and O–H groups in total. The monoisotopic (exact) mass is 341 g/mol. The van der Waals surface area contributed by atoms with Gasteiger partial charge in [0.15, 0.2) is 5.78 Å². The van der Waals surface area contributed by atoms with Crippen molar-refractivity contribution in [3.63, 3.8) is 0 Å². The number of carbonyl (C=O) groups excluding carboxylic acids is 1. The Balaban J connectivity index is 1.52. The van der Waals surface area contributed by atoms with Gasteiger partial charge in [-0.05, 0) is 31.2 Å². The summed E-state index contributed by atoms with van der Waals surface area (Å²) in [6.45, 7) is 6.92. The molecule has 0 saturated carbocycles. The molecule has 7 heteroatoms. The van der Waals surface area contributed by atoms with Crippen molar-refractivity contribution < 1.29 is 9.53 Å². The molecule has 7 nitrogen and oxygen atoms in total. The van der Waals surface area contributed by atoms with Crippen molar-refractivity contribution in [3.05, 3.63) is 42.2 Å². The van der Waals surface area contributed by atoms with Gasteiger partial charge in [0.1, 0.15) is 18.0 Å². The summed E-state index contributed by atoms with van der Waals surface area (Å²) in [7, 11) is 0. The van der Waals surface area contributed by atoms with Crippen LogP contribution in [0.4, 0.5) is 17.3 Å². The maximum absolute atomic E-state index is 11.3. The van der Waals surface area contributed by atoms with E-state index in [4.69, 9.17) is 4.74 Å². The molecule has 1 aromatic carbocycles. The van der Waals surface area contributed by atoms with Crippen LogP contribution >= 0.6 is 0 Å². The van der Waals surface area contributed by atoms with Crippen molar-refractivity contribution in [2.24, 2.45) is 0 Å². The molecule has 0 atom stereocenters. The van der Waals surface area contributed by atoms with Crippen LogP contribution in [0.15, 0.2) is 36.7 Å². The summed E-state index contributed by atoms with van der Waals surface area (Å²) in [5, 5.41) is 6.54. The number of anilines is 3. The van der Waals surface area contributed by atoms with Gasteiger partial charge in [-0.3, -0.25) is 9.69 Å². The Morgan fingerprint density at radius 1 is 1.16 bits per heavy atom. The molecule has 1 saturated heterocycles. The summed E-state index contributed by atoms with van der Waals surface area (Å²) in [5.74, 6) is 1.55. The molecule has 1 aromatic heterocycles. The number of rotatable bonds is 7. The van der Waals surface area contributed by atoms with Crippen LogP contribution < -0.4 is 10.6 Å². The lowest BCUT2D eigenvalue weighted by Crippen LogP contribution is -2.39. The van der Waals surface area contributed by atoms with E-state index in [2.05, 4.69) is 25.5 Å². The smallest absolute Gasteiger partial charge is 0.159 e. The lowest BCUT2D eigenvalue weighted by atomic mass is 10.1. The predicted molar refractivity (Wildman–Crippen MR) is 97.5 cm³/mol. The molecule has 0 amide bonds. The Kier molecular flexibility index (Phi) is 5.92. The zero-order chi connectivity index (χ0) is 17.5. The lowest BCUT2D eigenvalue weighted by Gasteiger charge is -2.26. The Morgan fingerprint density at radius 3 is 2.60 bits per heavy atom. The van der Waals surface area contributed by atoms with Gasteiger partial charge in [-0.1, -0.05) is 0 Å². The zero-order valence-corrected chi connectivity index (χ0v) is 14.4. The largest absolute Gasteiger partial charge is 0.379 e. The number of ketones is 1. The third kappa shape index (κ3) is 5.23. The number of aromatic nitrogens is 2. The maximum Gasteiger partial charge on any atom is 0.159 e. The highest BCUT2D eigenvalue weighted by Gasteiger charge is 2.09. The van der Waals surface area contributed by atoms with Crippen LogP contribution in [0.25, 0.3) is 0 Å². The van der Waals surface area contributed by atoms with Gasteiger partial charge in [-0.25, -0.2) is 9.97 Å². The third-order valence-electron chi connectivity index (χ3n) is 4.07. The number of ether oxygens (including phenoxy) is 1.